The fraction of sp³-hybridized carbons (Fsp3) is 0.261. The number of benzene rings is 2. The topological polar surface area (TPSA) is 3.88 Å². The van der Waals surface area contributed by atoms with Crippen molar-refractivity contribution in [2.45, 2.75) is 33.0 Å². The van der Waals surface area contributed by atoms with Gasteiger partial charge < -0.3 is 0 Å². The number of nitrogens with zero attached hydrogens (tertiary/aromatic N) is 1. The zero-order chi connectivity index (χ0) is 19.6. The van der Waals surface area contributed by atoms with E-state index in [1.54, 1.807) is 0 Å². The van der Waals surface area contributed by atoms with Crippen LogP contribution in [0.3, 0.4) is 0 Å². The number of hydrogen-bond donors (Lipinski definition) is 0. The van der Waals surface area contributed by atoms with Gasteiger partial charge in [0.1, 0.15) is 7.05 Å². The summed E-state index contributed by atoms with van der Waals surface area (Å²) in [7, 11) is 2.05. The molecule has 0 radical (unpaired) electrons. The van der Waals surface area contributed by atoms with E-state index < -0.39 is 12.3 Å². The molecule has 0 aliphatic heterocycles. The summed E-state index contributed by atoms with van der Waals surface area (Å²) < 4.78 is 27.1. The summed E-state index contributed by atoms with van der Waals surface area (Å²) in [5.74, 6) is 0. The third-order valence-electron chi connectivity index (χ3n) is 5.22. The Hall–Kier alpha value is -2.41. The lowest BCUT2D eigenvalue weighted by atomic mass is 9.81. The molecule has 1 atom stereocenters. The minimum Gasteiger partial charge on any atom is -0.201 e. The largest absolute Gasteiger partial charge is 0.213 e. The van der Waals surface area contributed by atoms with Crippen molar-refractivity contribution in [3.05, 3.63) is 77.0 Å². The highest BCUT2D eigenvalue weighted by molar-refractivity contribution is 5.92. The lowest BCUT2D eigenvalue weighted by molar-refractivity contribution is -0.660. The summed E-state index contributed by atoms with van der Waals surface area (Å²) in [6.07, 6.45) is 2.11. The van der Waals surface area contributed by atoms with Crippen LogP contribution < -0.4 is 4.57 Å². The standard InChI is InChI=1S/C23H24N/c1-15-10-13-20(24(5)14-15)21-16(2)11-12-19-22(21)17-8-6-7-9-18(17)23(19,3)4/h6-14H,1-5H3/q+1/i3D3. The van der Waals surface area contributed by atoms with Crippen LogP contribution in [0.25, 0.3) is 22.4 Å². The summed E-state index contributed by atoms with van der Waals surface area (Å²) in [4.78, 5) is 0. The van der Waals surface area contributed by atoms with Gasteiger partial charge in [-0.2, -0.15) is 0 Å². The van der Waals surface area contributed by atoms with E-state index in [0.29, 0.717) is 0 Å². The number of pyridine rings is 1. The van der Waals surface area contributed by atoms with E-state index in [1.807, 2.05) is 38.2 Å². The first kappa shape index (κ1) is 12.0. The first-order chi connectivity index (χ1) is 12.7. The minimum atomic E-state index is -2.13. The summed E-state index contributed by atoms with van der Waals surface area (Å²) in [5.41, 5.74) is 7.43. The van der Waals surface area contributed by atoms with Gasteiger partial charge in [0.15, 0.2) is 6.20 Å². The Kier molecular flexibility index (Phi) is 2.53. The normalized spacial score (nSPS) is 20.8. The summed E-state index contributed by atoms with van der Waals surface area (Å²) in [6, 6.07) is 16.3. The smallest absolute Gasteiger partial charge is 0.201 e. The van der Waals surface area contributed by atoms with Gasteiger partial charge in [-0.3, -0.25) is 0 Å². The third kappa shape index (κ3) is 1.97. The van der Waals surface area contributed by atoms with Crippen molar-refractivity contribution in [3.8, 4) is 22.4 Å². The van der Waals surface area contributed by atoms with Gasteiger partial charge in [0.2, 0.25) is 5.69 Å². The maximum Gasteiger partial charge on any atom is 0.213 e. The van der Waals surface area contributed by atoms with Crippen molar-refractivity contribution in [1.82, 2.24) is 0 Å². The van der Waals surface area contributed by atoms with Crippen LogP contribution in [0.1, 0.15) is 40.1 Å². The fourth-order valence-corrected chi connectivity index (χ4v) is 4.02. The average molecular weight is 317 g/mol. The molecular formula is C23H24N+. The van der Waals surface area contributed by atoms with Gasteiger partial charge in [0, 0.05) is 26.7 Å². The maximum atomic E-state index is 8.31. The van der Waals surface area contributed by atoms with Gasteiger partial charge in [-0.1, -0.05) is 50.2 Å². The number of aryl methyl sites for hydroxylation is 3. The molecule has 1 aromatic heterocycles. The summed E-state index contributed by atoms with van der Waals surface area (Å²) in [6.45, 7) is 3.91. The molecule has 120 valence electrons. The second-order valence-corrected chi connectivity index (χ2v) is 7.05. The molecule has 0 fully saturated rings. The number of hydrogen-bond acceptors (Lipinski definition) is 0. The molecule has 1 heterocycles. The number of aromatic nitrogens is 1. The van der Waals surface area contributed by atoms with E-state index in [2.05, 4.69) is 48.9 Å². The first-order valence-corrected chi connectivity index (χ1v) is 8.37. The predicted molar refractivity (Wildman–Crippen MR) is 100 cm³/mol. The molecule has 0 saturated carbocycles. The molecule has 2 aromatic carbocycles. The lowest BCUT2D eigenvalue weighted by Crippen LogP contribution is -2.31. The van der Waals surface area contributed by atoms with Crippen molar-refractivity contribution in [1.29, 1.82) is 0 Å². The SMILES string of the molecule is [2H]C([2H])([2H])C1(C)c2ccccc2-c2c1ccc(C)c2-c1ccc(C)c[n+]1C. The highest BCUT2D eigenvalue weighted by Gasteiger charge is 2.38. The Balaban J connectivity index is 2.15. The molecular weight excluding hydrogens is 290 g/mol. The first-order valence-electron chi connectivity index (χ1n) is 9.87. The van der Waals surface area contributed by atoms with Crippen LogP contribution in [0.15, 0.2) is 54.7 Å². The molecule has 24 heavy (non-hydrogen) atoms. The molecule has 0 saturated heterocycles. The van der Waals surface area contributed by atoms with Gasteiger partial charge in [0.05, 0.1) is 5.56 Å². The van der Waals surface area contributed by atoms with E-state index in [0.717, 1.165) is 39.1 Å². The highest BCUT2D eigenvalue weighted by atomic mass is 14.9. The van der Waals surface area contributed by atoms with Crippen LogP contribution in [0.2, 0.25) is 0 Å². The summed E-state index contributed by atoms with van der Waals surface area (Å²) >= 11 is 0. The van der Waals surface area contributed by atoms with E-state index in [1.165, 1.54) is 5.56 Å². The van der Waals surface area contributed by atoms with Crippen molar-refractivity contribution in [2.24, 2.45) is 7.05 Å². The molecule has 0 bridgehead atoms. The van der Waals surface area contributed by atoms with E-state index in [9.17, 15) is 0 Å². The van der Waals surface area contributed by atoms with Gasteiger partial charge in [-0.25, -0.2) is 4.57 Å². The third-order valence-corrected chi connectivity index (χ3v) is 5.22. The maximum absolute atomic E-state index is 8.31. The second-order valence-electron chi connectivity index (χ2n) is 7.05. The van der Waals surface area contributed by atoms with Crippen molar-refractivity contribution in [2.75, 3.05) is 0 Å². The molecule has 0 spiro atoms. The monoisotopic (exact) mass is 317 g/mol. The Morgan fingerprint density at radius 1 is 0.917 bits per heavy atom. The number of fused-ring (bicyclic) bond motifs is 3. The average Bonchev–Trinajstić information content (AvgIpc) is 2.86. The zero-order valence-electron chi connectivity index (χ0n) is 17.6. The molecule has 1 aliphatic rings. The molecule has 1 nitrogen and oxygen atoms in total. The van der Waals surface area contributed by atoms with Gasteiger partial charge in [-0.15, -0.1) is 0 Å². The lowest BCUT2D eigenvalue weighted by Gasteiger charge is -2.21. The van der Waals surface area contributed by atoms with Crippen LogP contribution in [0.4, 0.5) is 0 Å². The zero-order valence-corrected chi connectivity index (χ0v) is 14.6. The van der Waals surface area contributed by atoms with Crippen LogP contribution in [-0.4, -0.2) is 0 Å². The molecule has 0 amide bonds. The van der Waals surface area contributed by atoms with Crippen LogP contribution >= 0.6 is 0 Å². The Bertz CT molecular complexity index is 1070. The van der Waals surface area contributed by atoms with Crippen LogP contribution in [-0.2, 0) is 12.5 Å². The van der Waals surface area contributed by atoms with Gasteiger partial charge >= 0.3 is 0 Å². The van der Waals surface area contributed by atoms with Crippen LogP contribution in [0, 0.1) is 13.8 Å². The molecule has 3 aromatic rings. The molecule has 1 aliphatic carbocycles. The Labute approximate surface area is 148 Å². The van der Waals surface area contributed by atoms with Crippen molar-refractivity contribution in [3.63, 3.8) is 0 Å². The Morgan fingerprint density at radius 2 is 1.71 bits per heavy atom. The van der Waals surface area contributed by atoms with Gasteiger partial charge in [-0.05, 0) is 42.2 Å². The number of rotatable bonds is 1. The highest BCUT2D eigenvalue weighted by Crippen LogP contribution is 2.52. The summed E-state index contributed by atoms with van der Waals surface area (Å²) in [5, 5.41) is 0. The minimum absolute atomic E-state index is 0.890. The second kappa shape index (κ2) is 5.04. The molecule has 1 unspecified atom stereocenters. The van der Waals surface area contributed by atoms with Crippen molar-refractivity contribution >= 4 is 0 Å². The predicted octanol–water partition coefficient (Wildman–Crippen LogP) is 5.10. The molecule has 4 rings (SSSR count). The van der Waals surface area contributed by atoms with Crippen molar-refractivity contribution < 1.29 is 8.68 Å². The van der Waals surface area contributed by atoms with Gasteiger partial charge in [0.25, 0.3) is 0 Å². The molecule has 0 N–H and O–H groups in total. The van der Waals surface area contributed by atoms with E-state index in [-0.39, 0.29) is 0 Å². The van der Waals surface area contributed by atoms with Crippen LogP contribution in [0.5, 0.6) is 0 Å². The Morgan fingerprint density at radius 3 is 2.46 bits per heavy atom. The van der Waals surface area contributed by atoms with E-state index >= 15 is 0 Å². The molecule has 1 heteroatoms. The quantitative estimate of drug-likeness (QED) is 0.550. The van der Waals surface area contributed by atoms with E-state index in [4.69, 9.17) is 4.11 Å². The fourth-order valence-electron chi connectivity index (χ4n) is 4.02.